The molecule has 0 unspecified atom stereocenters. The van der Waals surface area contributed by atoms with Crippen molar-refractivity contribution in [1.29, 1.82) is 0 Å². The molecule has 116 valence electrons. The summed E-state index contributed by atoms with van der Waals surface area (Å²) >= 11 is 2.92. The molecule has 1 fully saturated rings. The van der Waals surface area contributed by atoms with E-state index in [-0.39, 0.29) is 5.12 Å². The molecule has 0 atom stereocenters. The summed E-state index contributed by atoms with van der Waals surface area (Å²) in [6.45, 7) is 0. The quantitative estimate of drug-likeness (QED) is 0.674. The lowest BCUT2D eigenvalue weighted by molar-refractivity contribution is 0.109. The molecule has 2 aromatic rings. The summed E-state index contributed by atoms with van der Waals surface area (Å²) in [5.74, 6) is 1.65. The smallest absolute Gasteiger partial charge is 0.229 e. The van der Waals surface area contributed by atoms with Gasteiger partial charge in [0.05, 0.1) is 4.88 Å². The minimum absolute atomic E-state index is 0.182. The summed E-state index contributed by atoms with van der Waals surface area (Å²) in [7, 11) is 0. The highest BCUT2D eigenvalue weighted by atomic mass is 32.2. The van der Waals surface area contributed by atoms with Gasteiger partial charge in [0.1, 0.15) is 0 Å². The third-order valence-electron chi connectivity index (χ3n) is 4.36. The lowest BCUT2D eigenvalue weighted by Gasteiger charge is -2.21. The number of hydrogen-bond donors (Lipinski definition) is 0. The highest BCUT2D eigenvalue weighted by Crippen LogP contribution is 2.27. The lowest BCUT2D eigenvalue weighted by Crippen LogP contribution is -2.09. The molecule has 0 amide bonds. The molecule has 0 N–H and O–H groups in total. The Morgan fingerprint density at radius 3 is 2.45 bits per heavy atom. The largest absolute Gasteiger partial charge is 0.281 e. The van der Waals surface area contributed by atoms with E-state index in [0.29, 0.717) is 0 Å². The van der Waals surface area contributed by atoms with Crippen molar-refractivity contribution in [2.75, 3.05) is 0 Å². The second kappa shape index (κ2) is 7.98. The Labute approximate surface area is 141 Å². The van der Waals surface area contributed by atoms with Crippen LogP contribution in [0.1, 0.15) is 52.9 Å². The van der Waals surface area contributed by atoms with Crippen molar-refractivity contribution in [3.8, 4) is 0 Å². The van der Waals surface area contributed by atoms with Crippen LogP contribution in [0.4, 0.5) is 0 Å². The fraction of sp³-hybridized carbons (Fsp3) is 0.421. The summed E-state index contributed by atoms with van der Waals surface area (Å²) in [4.78, 5) is 12.8. The molecule has 1 aromatic carbocycles. The Kier molecular flexibility index (Phi) is 5.74. The van der Waals surface area contributed by atoms with E-state index in [0.717, 1.165) is 16.5 Å². The molecule has 1 nitrogen and oxygen atoms in total. The zero-order valence-corrected chi connectivity index (χ0v) is 14.4. The third-order valence-corrected chi connectivity index (χ3v) is 6.32. The third kappa shape index (κ3) is 4.47. The van der Waals surface area contributed by atoms with Crippen LogP contribution in [0.2, 0.25) is 0 Å². The molecule has 0 aliphatic heterocycles. The van der Waals surface area contributed by atoms with Crippen LogP contribution in [0, 0.1) is 5.92 Å². The minimum atomic E-state index is 0.182. The van der Waals surface area contributed by atoms with E-state index in [1.165, 1.54) is 72.8 Å². The average molecular weight is 331 g/mol. The predicted molar refractivity (Wildman–Crippen MR) is 96.7 cm³/mol. The van der Waals surface area contributed by atoms with E-state index in [1.807, 2.05) is 17.5 Å². The summed E-state index contributed by atoms with van der Waals surface area (Å²) in [5.41, 5.74) is 2.69. The maximum atomic E-state index is 12.0. The fourth-order valence-electron chi connectivity index (χ4n) is 3.11. The molecule has 3 heteroatoms. The van der Waals surface area contributed by atoms with Crippen molar-refractivity contribution < 1.29 is 4.79 Å². The summed E-state index contributed by atoms with van der Waals surface area (Å²) < 4.78 is 0. The molecular weight excluding hydrogens is 308 g/mol. The minimum Gasteiger partial charge on any atom is -0.281 e. The Hall–Kier alpha value is -1.06. The second-order valence-corrected chi connectivity index (χ2v) is 7.97. The van der Waals surface area contributed by atoms with Gasteiger partial charge in [-0.05, 0) is 34.9 Å². The molecular formula is C19H22OS2. The number of thiophene rings is 1. The summed E-state index contributed by atoms with van der Waals surface area (Å²) in [6.07, 6.45) is 8.25. The first-order valence-electron chi connectivity index (χ1n) is 8.10. The number of benzene rings is 1. The van der Waals surface area contributed by atoms with E-state index in [4.69, 9.17) is 0 Å². The normalized spacial score (nSPS) is 15.8. The van der Waals surface area contributed by atoms with E-state index in [2.05, 4.69) is 24.3 Å². The Morgan fingerprint density at radius 2 is 1.77 bits per heavy atom. The molecule has 0 radical (unpaired) electrons. The van der Waals surface area contributed by atoms with Gasteiger partial charge < -0.3 is 0 Å². The lowest BCUT2D eigenvalue weighted by atomic mass is 9.85. The van der Waals surface area contributed by atoms with Crippen LogP contribution in [-0.2, 0) is 12.2 Å². The van der Waals surface area contributed by atoms with Gasteiger partial charge in [0.15, 0.2) is 0 Å². The number of carbonyl (C=O) groups excluding carboxylic acids is 1. The first-order valence-corrected chi connectivity index (χ1v) is 9.96. The molecule has 1 aliphatic carbocycles. The average Bonchev–Trinajstić information content (AvgIpc) is 3.09. The van der Waals surface area contributed by atoms with Crippen molar-refractivity contribution >= 4 is 28.2 Å². The number of rotatable bonds is 5. The van der Waals surface area contributed by atoms with Crippen LogP contribution < -0.4 is 0 Å². The van der Waals surface area contributed by atoms with Gasteiger partial charge in [0.2, 0.25) is 5.12 Å². The molecule has 3 rings (SSSR count). The summed E-state index contributed by atoms with van der Waals surface area (Å²) in [5, 5.41) is 2.13. The fourth-order valence-corrected chi connectivity index (χ4v) is 4.69. The summed E-state index contributed by atoms with van der Waals surface area (Å²) in [6, 6.07) is 12.7. The van der Waals surface area contributed by atoms with Crippen LogP contribution in [0.25, 0.3) is 0 Å². The molecule has 1 aromatic heterocycles. The van der Waals surface area contributed by atoms with Crippen LogP contribution in [-0.4, -0.2) is 5.12 Å². The maximum absolute atomic E-state index is 12.0. The Balaban J connectivity index is 1.49. The van der Waals surface area contributed by atoms with Crippen molar-refractivity contribution in [3.05, 3.63) is 57.8 Å². The molecule has 0 spiro atoms. The van der Waals surface area contributed by atoms with E-state index in [1.54, 1.807) is 0 Å². The highest BCUT2D eigenvalue weighted by Gasteiger charge is 2.14. The number of thioether (sulfide) groups is 1. The van der Waals surface area contributed by atoms with Gasteiger partial charge in [0, 0.05) is 5.75 Å². The van der Waals surface area contributed by atoms with Gasteiger partial charge in [-0.3, -0.25) is 4.79 Å². The topological polar surface area (TPSA) is 17.1 Å². The van der Waals surface area contributed by atoms with E-state index >= 15 is 0 Å². The van der Waals surface area contributed by atoms with Crippen molar-refractivity contribution in [2.45, 2.75) is 44.3 Å². The maximum Gasteiger partial charge on any atom is 0.229 e. The Morgan fingerprint density at radius 1 is 1.05 bits per heavy atom. The highest BCUT2D eigenvalue weighted by molar-refractivity contribution is 8.13. The molecule has 1 aliphatic rings. The van der Waals surface area contributed by atoms with E-state index < -0.39 is 0 Å². The van der Waals surface area contributed by atoms with Gasteiger partial charge in [-0.2, -0.15) is 0 Å². The van der Waals surface area contributed by atoms with Gasteiger partial charge in [-0.15, -0.1) is 11.3 Å². The van der Waals surface area contributed by atoms with Crippen molar-refractivity contribution in [3.63, 3.8) is 0 Å². The first kappa shape index (κ1) is 15.8. The van der Waals surface area contributed by atoms with Crippen molar-refractivity contribution in [2.24, 2.45) is 5.92 Å². The number of hydrogen-bond acceptors (Lipinski definition) is 3. The molecule has 22 heavy (non-hydrogen) atoms. The van der Waals surface area contributed by atoms with Crippen LogP contribution in [0.5, 0.6) is 0 Å². The zero-order chi connectivity index (χ0) is 15.2. The monoisotopic (exact) mass is 330 g/mol. The van der Waals surface area contributed by atoms with Crippen LogP contribution in [0.3, 0.4) is 0 Å². The van der Waals surface area contributed by atoms with Gasteiger partial charge in [-0.1, -0.05) is 74.2 Å². The molecule has 0 saturated heterocycles. The van der Waals surface area contributed by atoms with E-state index in [9.17, 15) is 4.79 Å². The molecule has 1 heterocycles. The van der Waals surface area contributed by atoms with Gasteiger partial charge >= 0.3 is 0 Å². The van der Waals surface area contributed by atoms with Gasteiger partial charge in [-0.25, -0.2) is 0 Å². The Bertz CT molecular complexity index is 580. The predicted octanol–water partition coefficient (Wildman–Crippen LogP) is 5.94. The molecule has 1 saturated carbocycles. The SMILES string of the molecule is O=C(SCc1ccc(CC2CCCCC2)cc1)c1cccs1. The number of carbonyl (C=O) groups is 1. The molecule has 0 bridgehead atoms. The standard InChI is InChI=1S/C19H22OS2/c20-19(18-7-4-12-21-18)22-14-17-10-8-16(9-11-17)13-15-5-2-1-3-6-15/h4,7-12,15H,1-3,5-6,13-14H2. The van der Waals surface area contributed by atoms with Crippen LogP contribution in [0.15, 0.2) is 41.8 Å². The van der Waals surface area contributed by atoms with Crippen LogP contribution >= 0.6 is 23.1 Å². The second-order valence-electron chi connectivity index (χ2n) is 6.08. The van der Waals surface area contributed by atoms with Crippen molar-refractivity contribution in [1.82, 2.24) is 0 Å². The first-order chi connectivity index (χ1) is 10.8. The van der Waals surface area contributed by atoms with Gasteiger partial charge in [0.25, 0.3) is 0 Å². The zero-order valence-electron chi connectivity index (χ0n) is 12.8.